The Morgan fingerprint density at radius 2 is 0.846 bits per heavy atom. The molecular formula is C35H34BrO2P. The highest BCUT2D eigenvalue weighted by Gasteiger charge is 2.45. The fourth-order valence-corrected chi connectivity index (χ4v) is 9.11. The SMILES string of the molecule is [Br-].c1ccc(OCCCCOc2cccc(C[P+](c3ccccc3)(c3ccccc3)c3ccccc3)c2)cc1. The van der Waals surface area contributed by atoms with Crippen LogP contribution in [0.5, 0.6) is 11.5 Å². The summed E-state index contributed by atoms with van der Waals surface area (Å²) < 4.78 is 12.0. The summed E-state index contributed by atoms with van der Waals surface area (Å²) in [7, 11) is -1.94. The number of rotatable bonds is 12. The second-order valence-corrected chi connectivity index (χ2v) is 12.8. The lowest BCUT2D eigenvalue weighted by molar-refractivity contribution is -0.00000836. The van der Waals surface area contributed by atoms with Gasteiger partial charge in [0, 0.05) is 0 Å². The lowest BCUT2D eigenvalue weighted by Gasteiger charge is -2.28. The van der Waals surface area contributed by atoms with E-state index < -0.39 is 7.26 Å². The fraction of sp³-hybridized carbons (Fsp3) is 0.143. The van der Waals surface area contributed by atoms with E-state index in [1.807, 2.05) is 30.3 Å². The molecule has 4 heteroatoms. The van der Waals surface area contributed by atoms with E-state index in [1.54, 1.807) is 0 Å². The minimum Gasteiger partial charge on any atom is -1.00 e. The Bertz CT molecular complexity index is 1280. The fourth-order valence-electron chi connectivity index (χ4n) is 4.88. The van der Waals surface area contributed by atoms with Gasteiger partial charge in [-0.1, -0.05) is 84.9 Å². The Morgan fingerprint density at radius 1 is 0.436 bits per heavy atom. The minimum atomic E-state index is -1.94. The Kier molecular flexibility index (Phi) is 10.8. The van der Waals surface area contributed by atoms with Crippen LogP contribution >= 0.6 is 7.26 Å². The number of benzene rings is 5. The van der Waals surface area contributed by atoms with E-state index in [0.717, 1.165) is 30.5 Å². The molecular weight excluding hydrogens is 563 g/mol. The van der Waals surface area contributed by atoms with E-state index in [9.17, 15) is 0 Å². The molecule has 0 aliphatic heterocycles. The predicted molar refractivity (Wildman–Crippen MR) is 162 cm³/mol. The molecule has 0 atom stereocenters. The van der Waals surface area contributed by atoms with Crippen LogP contribution < -0.4 is 42.4 Å². The molecule has 0 saturated heterocycles. The second kappa shape index (κ2) is 14.7. The van der Waals surface area contributed by atoms with Crippen LogP contribution in [0.15, 0.2) is 146 Å². The van der Waals surface area contributed by atoms with E-state index in [4.69, 9.17) is 9.47 Å². The average Bonchev–Trinajstić information content (AvgIpc) is 3.00. The molecule has 2 nitrogen and oxygen atoms in total. The van der Waals surface area contributed by atoms with Crippen molar-refractivity contribution in [2.24, 2.45) is 0 Å². The summed E-state index contributed by atoms with van der Waals surface area (Å²) in [6.45, 7) is 1.38. The van der Waals surface area contributed by atoms with Gasteiger partial charge in [0.15, 0.2) is 0 Å². The van der Waals surface area contributed by atoms with Crippen molar-refractivity contribution in [2.45, 2.75) is 19.0 Å². The van der Waals surface area contributed by atoms with Gasteiger partial charge in [-0.2, -0.15) is 0 Å². The molecule has 5 aromatic carbocycles. The van der Waals surface area contributed by atoms with Crippen LogP contribution in [0.4, 0.5) is 0 Å². The highest BCUT2D eigenvalue weighted by molar-refractivity contribution is 7.95. The third-order valence-electron chi connectivity index (χ3n) is 6.73. The average molecular weight is 598 g/mol. The van der Waals surface area contributed by atoms with Gasteiger partial charge in [-0.3, -0.25) is 0 Å². The van der Waals surface area contributed by atoms with Crippen LogP contribution in [0.25, 0.3) is 0 Å². The monoisotopic (exact) mass is 596 g/mol. The summed E-state index contributed by atoms with van der Waals surface area (Å²) in [6.07, 6.45) is 2.85. The van der Waals surface area contributed by atoms with Crippen LogP contribution in [0.1, 0.15) is 18.4 Å². The maximum atomic E-state index is 6.19. The molecule has 198 valence electrons. The first kappa shape index (κ1) is 28.6. The van der Waals surface area contributed by atoms with Gasteiger partial charge in [-0.05, 0) is 79.1 Å². The molecule has 0 aliphatic carbocycles. The van der Waals surface area contributed by atoms with E-state index >= 15 is 0 Å². The maximum absolute atomic E-state index is 6.19. The molecule has 5 rings (SSSR count). The summed E-state index contributed by atoms with van der Waals surface area (Å²) in [6, 6.07) is 51.7. The van der Waals surface area contributed by atoms with Crippen LogP contribution in [0, 0.1) is 0 Å². The number of halogens is 1. The summed E-state index contributed by atoms with van der Waals surface area (Å²) in [4.78, 5) is 0. The maximum Gasteiger partial charge on any atom is 0.119 e. The van der Waals surface area contributed by atoms with Gasteiger partial charge in [0.2, 0.25) is 0 Å². The normalized spacial score (nSPS) is 10.9. The van der Waals surface area contributed by atoms with Gasteiger partial charge >= 0.3 is 0 Å². The van der Waals surface area contributed by atoms with Gasteiger partial charge in [0.05, 0.1) is 19.4 Å². The van der Waals surface area contributed by atoms with Crippen molar-refractivity contribution in [3.8, 4) is 11.5 Å². The van der Waals surface area contributed by atoms with Crippen LogP contribution in [-0.2, 0) is 6.16 Å². The van der Waals surface area contributed by atoms with Crippen LogP contribution in [-0.4, -0.2) is 13.2 Å². The van der Waals surface area contributed by atoms with E-state index in [2.05, 4.69) is 115 Å². The molecule has 0 spiro atoms. The smallest absolute Gasteiger partial charge is 0.119 e. The zero-order chi connectivity index (χ0) is 25.9. The van der Waals surface area contributed by atoms with E-state index in [0.29, 0.717) is 13.2 Å². The van der Waals surface area contributed by atoms with Crippen molar-refractivity contribution in [3.05, 3.63) is 151 Å². The molecule has 0 heterocycles. The lowest BCUT2D eigenvalue weighted by Crippen LogP contribution is -3.00. The Hall–Kier alpha value is -3.39. The first-order chi connectivity index (χ1) is 18.8. The molecule has 0 saturated carbocycles. The molecule has 0 amide bonds. The number of para-hydroxylation sites is 1. The van der Waals surface area contributed by atoms with Crippen molar-refractivity contribution >= 4 is 23.2 Å². The van der Waals surface area contributed by atoms with Crippen molar-refractivity contribution in [1.29, 1.82) is 0 Å². The topological polar surface area (TPSA) is 18.5 Å². The first-order valence-corrected chi connectivity index (χ1v) is 15.3. The molecule has 0 radical (unpaired) electrons. The van der Waals surface area contributed by atoms with Crippen molar-refractivity contribution in [1.82, 2.24) is 0 Å². The van der Waals surface area contributed by atoms with Crippen LogP contribution in [0.3, 0.4) is 0 Å². The molecule has 0 fully saturated rings. The Balaban J connectivity index is 0.00000353. The van der Waals surface area contributed by atoms with Crippen molar-refractivity contribution in [3.63, 3.8) is 0 Å². The number of unbranched alkanes of at least 4 members (excludes halogenated alkanes) is 1. The zero-order valence-corrected chi connectivity index (χ0v) is 24.5. The van der Waals surface area contributed by atoms with E-state index in [-0.39, 0.29) is 17.0 Å². The molecule has 5 aromatic rings. The molecule has 0 bridgehead atoms. The molecule has 0 N–H and O–H groups in total. The number of ether oxygens (including phenoxy) is 2. The summed E-state index contributed by atoms with van der Waals surface area (Å²) in [5.74, 6) is 1.85. The first-order valence-electron chi connectivity index (χ1n) is 13.3. The van der Waals surface area contributed by atoms with Crippen molar-refractivity contribution < 1.29 is 26.5 Å². The summed E-state index contributed by atoms with van der Waals surface area (Å²) in [5, 5.41) is 4.17. The summed E-state index contributed by atoms with van der Waals surface area (Å²) >= 11 is 0. The Labute approximate surface area is 243 Å². The largest absolute Gasteiger partial charge is 1.00 e. The van der Waals surface area contributed by atoms with Gasteiger partial charge in [-0.25, -0.2) is 0 Å². The van der Waals surface area contributed by atoms with Gasteiger partial charge in [-0.15, -0.1) is 0 Å². The zero-order valence-electron chi connectivity index (χ0n) is 22.0. The molecule has 0 aromatic heterocycles. The number of hydrogen-bond donors (Lipinski definition) is 0. The summed E-state index contributed by atoms with van der Waals surface area (Å²) in [5.41, 5.74) is 1.29. The third-order valence-corrected chi connectivity index (χ3v) is 11.1. The molecule has 39 heavy (non-hydrogen) atoms. The number of hydrogen-bond acceptors (Lipinski definition) is 2. The quantitative estimate of drug-likeness (QED) is 0.157. The minimum absolute atomic E-state index is 0. The van der Waals surface area contributed by atoms with Crippen molar-refractivity contribution in [2.75, 3.05) is 13.2 Å². The Morgan fingerprint density at radius 3 is 1.33 bits per heavy atom. The van der Waals surface area contributed by atoms with Gasteiger partial charge in [0.1, 0.15) is 34.7 Å². The molecule has 0 aliphatic rings. The molecule has 0 unspecified atom stereocenters. The lowest BCUT2D eigenvalue weighted by atomic mass is 10.2. The van der Waals surface area contributed by atoms with Crippen LogP contribution in [0.2, 0.25) is 0 Å². The van der Waals surface area contributed by atoms with Gasteiger partial charge in [0.25, 0.3) is 0 Å². The van der Waals surface area contributed by atoms with E-state index in [1.165, 1.54) is 21.5 Å². The third kappa shape index (κ3) is 7.38. The predicted octanol–water partition coefficient (Wildman–Crippen LogP) is 4.42. The second-order valence-electron chi connectivity index (χ2n) is 9.34. The highest BCUT2D eigenvalue weighted by atomic mass is 79.9. The van der Waals surface area contributed by atoms with Gasteiger partial charge < -0.3 is 26.5 Å². The highest BCUT2D eigenvalue weighted by Crippen LogP contribution is 2.58. The standard InChI is InChI=1S/C35H34O2P.BrH/c1-5-17-31(18-6-1)36-26-13-14-27-37-32-19-15-16-30(28-32)29-38(33-20-7-2-8-21-33,34-22-9-3-10-23-34)35-24-11-4-12-25-35;/h1-12,15-25,28H,13-14,26-27,29H2;1H/q+1;/p-1.